The Morgan fingerprint density at radius 3 is 1.75 bits per heavy atom. The zero-order chi connectivity index (χ0) is 9.61. The lowest BCUT2D eigenvalue weighted by atomic mass is 10.7. The predicted molar refractivity (Wildman–Crippen MR) is 40.7 cm³/mol. The highest BCUT2D eigenvalue weighted by atomic mass is 31.2. The van der Waals surface area contributed by atoms with E-state index in [2.05, 4.69) is 9.97 Å². The lowest BCUT2D eigenvalue weighted by Crippen LogP contribution is -1.90. The number of nitrogen functional groups attached to an aromatic ring is 1. The molecule has 0 saturated heterocycles. The molecule has 0 aliphatic heterocycles. The lowest BCUT2D eigenvalue weighted by Gasteiger charge is -1.82. The highest BCUT2D eigenvalue weighted by Gasteiger charge is 2.00. The summed E-state index contributed by atoms with van der Waals surface area (Å²) in [5.41, 5.74) is 5.14. The number of nitrogens with two attached hydrogens (primary N) is 1. The van der Waals surface area contributed by atoms with E-state index in [0.29, 0.717) is 5.95 Å². The highest BCUT2D eigenvalue weighted by Crippen LogP contribution is 2.25. The Morgan fingerprint density at radius 2 is 1.58 bits per heavy atom. The minimum absolute atomic E-state index is 0.322. The van der Waals surface area contributed by atoms with Crippen LogP contribution in [0.5, 0.6) is 0 Å². The molecule has 7 nitrogen and oxygen atoms in total. The van der Waals surface area contributed by atoms with Crippen molar-refractivity contribution in [2.45, 2.75) is 0 Å². The average Bonchev–Trinajstić information content (AvgIpc) is 1.85. The van der Waals surface area contributed by atoms with Crippen molar-refractivity contribution in [2.75, 3.05) is 5.73 Å². The van der Waals surface area contributed by atoms with Gasteiger partial charge in [0, 0.05) is 12.4 Å². The lowest BCUT2D eigenvalue weighted by molar-refractivity contribution is 0.275. The minimum atomic E-state index is -4.64. The first-order valence-corrected chi connectivity index (χ1v) is 4.27. The van der Waals surface area contributed by atoms with Gasteiger partial charge < -0.3 is 20.4 Å². The topological polar surface area (TPSA) is 130 Å². The van der Waals surface area contributed by atoms with E-state index >= 15 is 0 Å². The second-order valence-electron chi connectivity index (χ2n) is 1.62. The fourth-order valence-corrected chi connectivity index (χ4v) is 0.311. The van der Waals surface area contributed by atoms with E-state index in [4.69, 9.17) is 25.0 Å². The Hall–Kier alpha value is -1.01. The fraction of sp³-hybridized carbons (Fsp3) is 0. The van der Waals surface area contributed by atoms with Crippen LogP contribution in [0.25, 0.3) is 0 Å². The molecule has 0 bridgehead atoms. The number of aromatic nitrogens is 2. The Bertz CT molecular complexity index is 252. The van der Waals surface area contributed by atoms with Gasteiger partial charge in [-0.1, -0.05) is 0 Å². The van der Waals surface area contributed by atoms with Crippen molar-refractivity contribution in [1.82, 2.24) is 9.97 Å². The van der Waals surface area contributed by atoms with E-state index in [1.807, 2.05) is 0 Å². The van der Waals surface area contributed by atoms with Crippen LogP contribution in [0.2, 0.25) is 0 Å². The molecule has 1 rings (SSSR count). The first-order chi connectivity index (χ1) is 5.39. The number of hydrogen-bond acceptors (Lipinski definition) is 4. The van der Waals surface area contributed by atoms with E-state index in [-0.39, 0.29) is 0 Å². The van der Waals surface area contributed by atoms with Crippen molar-refractivity contribution in [2.24, 2.45) is 0 Å². The van der Waals surface area contributed by atoms with Crippen LogP contribution in [0.4, 0.5) is 5.95 Å². The third-order valence-electron chi connectivity index (χ3n) is 0.586. The predicted octanol–water partition coefficient (Wildman–Crippen LogP) is -0.870. The Balaban J connectivity index is 0.000000217. The first-order valence-electron chi connectivity index (χ1n) is 2.70. The maximum absolute atomic E-state index is 8.88. The van der Waals surface area contributed by atoms with Crippen LogP contribution in [-0.4, -0.2) is 24.6 Å². The third kappa shape index (κ3) is 11.7. The van der Waals surface area contributed by atoms with Crippen LogP contribution in [0.15, 0.2) is 18.5 Å². The van der Waals surface area contributed by atoms with Gasteiger partial charge in [-0.15, -0.1) is 0 Å². The van der Waals surface area contributed by atoms with Gasteiger partial charge in [-0.2, -0.15) is 0 Å². The van der Waals surface area contributed by atoms with Gasteiger partial charge in [0.05, 0.1) is 0 Å². The molecule has 0 fully saturated rings. The zero-order valence-corrected chi connectivity index (χ0v) is 6.80. The minimum Gasteiger partial charge on any atom is -0.368 e. The number of phosphoric acid groups is 1. The molecular formula is C4H8N3O4P. The van der Waals surface area contributed by atoms with E-state index in [1.54, 1.807) is 18.5 Å². The standard InChI is InChI=1S/C4H5N3.H3O4P/c5-4-6-2-1-3-7-4;1-5(2,3)4/h1-3H,(H2,5,6,7);(H3,1,2,3,4). The molecule has 1 heterocycles. The highest BCUT2D eigenvalue weighted by molar-refractivity contribution is 7.45. The van der Waals surface area contributed by atoms with Gasteiger partial charge in [0.2, 0.25) is 5.95 Å². The number of nitrogens with zero attached hydrogens (tertiary/aromatic N) is 2. The maximum atomic E-state index is 8.88. The van der Waals surface area contributed by atoms with E-state index in [1.165, 1.54) is 0 Å². The van der Waals surface area contributed by atoms with Crippen molar-refractivity contribution in [3.63, 3.8) is 0 Å². The molecule has 68 valence electrons. The third-order valence-corrected chi connectivity index (χ3v) is 0.586. The summed E-state index contributed by atoms with van der Waals surface area (Å²) in [6.45, 7) is 0. The number of rotatable bonds is 0. The van der Waals surface area contributed by atoms with Crippen LogP contribution in [0.1, 0.15) is 0 Å². The Kier molecular flexibility index (Phi) is 4.38. The molecule has 0 radical (unpaired) electrons. The fourth-order valence-electron chi connectivity index (χ4n) is 0.311. The molecule has 0 atom stereocenters. The molecular weight excluding hydrogens is 185 g/mol. The summed E-state index contributed by atoms with van der Waals surface area (Å²) >= 11 is 0. The average molecular weight is 193 g/mol. The molecule has 0 aliphatic carbocycles. The van der Waals surface area contributed by atoms with Crippen LogP contribution >= 0.6 is 7.82 Å². The van der Waals surface area contributed by atoms with Gasteiger partial charge in [-0.05, 0) is 6.07 Å². The van der Waals surface area contributed by atoms with Crippen LogP contribution in [0.3, 0.4) is 0 Å². The summed E-state index contributed by atoms with van der Waals surface area (Å²) in [6.07, 6.45) is 3.20. The van der Waals surface area contributed by atoms with Gasteiger partial charge in [0.15, 0.2) is 0 Å². The molecule has 5 N–H and O–H groups in total. The van der Waals surface area contributed by atoms with Crippen molar-refractivity contribution >= 4 is 13.8 Å². The van der Waals surface area contributed by atoms with Crippen molar-refractivity contribution in [3.8, 4) is 0 Å². The smallest absolute Gasteiger partial charge is 0.368 e. The monoisotopic (exact) mass is 193 g/mol. The molecule has 0 unspecified atom stereocenters. The van der Waals surface area contributed by atoms with E-state index < -0.39 is 7.82 Å². The maximum Gasteiger partial charge on any atom is 0.466 e. The SMILES string of the molecule is Nc1ncccn1.O=P(O)(O)O. The molecule has 0 amide bonds. The largest absolute Gasteiger partial charge is 0.466 e. The normalized spacial score (nSPS) is 9.92. The summed E-state index contributed by atoms with van der Waals surface area (Å²) in [7, 11) is -4.64. The van der Waals surface area contributed by atoms with Gasteiger partial charge >= 0.3 is 7.82 Å². The molecule has 8 heteroatoms. The summed E-state index contributed by atoms with van der Waals surface area (Å²) in [4.78, 5) is 28.9. The molecule has 0 aromatic carbocycles. The van der Waals surface area contributed by atoms with E-state index in [0.717, 1.165) is 0 Å². The van der Waals surface area contributed by atoms with Crippen molar-refractivity contribution in [1.29, 1.82) is 0 Å². The quantitative estimate of drug-likeness (QED) is 0.394. The van der Waals surface area contributed by atoms with Crippen molar-refractivity contribution < 1.29 is 19.2 Å². The molecule has 12 heavy (non-hydrogen) atoms. The molecule has 0 spiro atoms. The second-order valence-corrected chi connectivity index (χ2v) is 2.65. The van der Waals surface area contributed by atoms with Gasteiger partial charge in [-0.25, -0.2) is 14.5 Å². The molecule has 0 aliphatic rings. The summed E-state index contributed by atoms with van der Waals surface area (Å²) in [5.74, 6) is 0.322. The molecule has 1 aromatic rings. The van der Waals surface area contributed by atoms with Gasteiger partial charge in [-0.3, -0.25) is 0 Å². The van der Waals surface area contributed by atoms with Crippen LogP contribution in [0, 0.1) is 0 Å². The van der Waals surface area contributed by atoms with Crippen LogP contribution < -0.4 is 5.73 Å². The molecule has 0 saturated carbocycles. The van der Waals surface area contributed by atoms with Crippen molar-refractivity contribution in [3.05, 3.63) is 18.5 Å². The summed E-state index contributed by atoms with van der Waals surface area (Å²) in [5, 5.41) is 0. The molecule has 1 aromatic heterocycles. The Labute approximate surface area is 68.1 Å². The van der Waals surface area contributed by atoms with Crippen LogP contribution in [-0.2, 0) is 4.57 Å². The van der Waals surface area contributed by atoms with Gasteiger partial charge in [0.1, 0.15) is 0 Å². The summed E-state index contributed by atoms with van der Waals surface area (Å²) in [6, 6.07) is 1.72. The first kappa shape index (κ1) is 11.0. The van der Waals surface area contributed by atoms with Gasteiger partial charge in [0.25, 0.3) is 0 Å². The summed E-state index contributed by atoms with van der Waals surface area (Å²) < 4.78 is 8.88. The Morgan fingerprint density at radius 1 is 1.25 bits per heavy atom. The second kappa shape index (κ2) is 4.78. The number of anilines is 1. The van der Waals surface area contributed by atoms with E-state index in [9.17, 15) is 0 Å². The zero-order valence-electron chi connectivity index (χ0n) is 5.90. The number of hydrogen-bond donors (Lipinski definition) is 4.